The summed E-state index contributed by atoms with van der Waals surface area (Å²) >= 11 is 0. The third-order valence-electron chi connectivity index (χ3n) is 2.79. The quantitative estimate of drug-likeness (QED) is 0.697. The molecule has 1 saturated heterocycles. The molecule has 0 bridgehead atoms. The Hall–Kier alpha value is -0.610. The minimum absolute atomic E-state index is 0.143. The van der Waals surface area contributed by atoms with Crippen molar-refractivity contribution in [2.75, 3.05) is 33.3 Å². The van der Waals surface area contributed by atoms with Crippen LogP contribution in [-0.2, 0) is 9.53 Å². The van der Waals surface area contributed by atoms with Gasteiger partial charge in [0, 0.05) is 6.04 Å². The summed E-state index contributed by atoms with van der Waals surface area (Å²) in [6.07, 6.45) is 3.48. The van der Waals surface area contributed by atoms with Crippen LogP contribution in [0.1, 0.15) is 26.2 Å². The topological polar surface area (TPSA) is 41.6 Å². The van der Waals surface area contributed by atoms with E-state index in [0.29, 0.717) is 19.2 Å². The molecule has 1 atom stereocenters. The van der Waals surface area contributed by atoms with Crippen molar-refractivity contribution in [3.63, 3.8) is 0 Å². The summed E-state index contributed by atoms with van der Waals surface area (Å²) in [6.45, 7) is 4.92. The minimum atomic E-state index is -0.143. The van der Waals surface area contributed by atoms with Crippen molar-refractivity contribution in [3.05, 3.63) is 0 Å². The van der Waals surface area contributed by atoms with Crippen LogP contribution >= 0.6 is 0 Å². The average molecular weight is 214 g/mol. The molecule has 0 aromatic rings. The molecule has 1 unspecified atom stereocenters. The fraction of sp³-hybridized carbons (Fsp3) is 0.909. The number of nitrogens with one attached hydrogen (secondary N) is 1. The van der Waals surface area contributed by atoms with Crippen molar-refractivity contribution in [1.82, 2.24) is 10.2 Å². The number of hydrogen-bond donors (Lipinski definition) is 1. The fourth-order valence-electron chi connectivity index (χ4n) is 1.88. The van der Waals surface area contributed by atoms with Crippen molar-refractivity contribution in [2.24, 2.45) is 0 Å². The lowest BCUT2D eigenvalue weighted by atomic mass is 10.1. The minimum Gasteiger partial charge on any atom is -0.465 e. The second-order valence-corrected chi connectivity index (χ2v) is 4.12. The van der Waals surface area contributed by atoms with E-state index in [1.54, 1.807) is 0 Å². The SMILES string of the molecule is CCOC(=O)CNC1CCCN(C)CC1. The van der Waals surface area contributed by atoms with Crippen LogP contribution in [0.4, 0.5) is 0 Å². The molecule has 0 aromatic heterocycles. The van der Waals surface area contributed by atoms with Crippen LogP contribution in [0.25, 0.3) is 0 Å². The molecule has 0 aromatic carbocycles. The highest BCUT2D eigenvalue weighted by molar-refractivity contribution is 5.71. The van der Waals surface area contributed by atoms with Gasteiger partial charge in [-0.3, -0.25) is 4.79 Å². The van der Waals surface area contributed by atoms with Gasteiger partial charge in [0.25, 0.3) is 0 Å². The summed E-state index contributed by atoms with van der Waals surface area (Å²) in [5, 5.41) is 3.27. The van der Waals surface area contributed by atoms with Gasteiger partial charge < -0.3 is 15.0 Å². The summed E-state index contributed by atoms with van der Waals surface area (Å²) < 4.78 is 4.87. The summed E-state index contributed by atoms with van der Waals surface area (Å²) in [6, 6.07) is 0.472. The first-order valence-corrected chi connectivity index (χ1v) is 5.80. The Bertz CT molecular complexity index is 197. The molecule has 88 valence electrons. The van der Waals surface area contributed by atoms with Crippen molar-refractivity contribution >= 4 is 5.97 Å². The van der Waals surface area contributed by atoms with Crippen molar-refractivity contribution in [3.8, 4) is 0 Å². The zero-order chi connectivity index (χ0) is 11.1. The zero-order valence-corrected chi connectivity index (χ0v) is 9.79. The largest absolute Gasteiger partial charge is 0.465 e. The van der Waals surface area contributed by atoms with Gasteiger partial charge in [0.1, 0.15) is 0 Å². The third-order valence-corrected chi connectivity index (χ3v) is 2.79. The molecule has 4 nitrogen and oxygen atoms in total. The molecular weight excluding hydrogens is 192 g/mol. The molecule has 1 fully saturated rings. The highest BCUT2D eigenvalue weighted by Crippen LogP contribution is 2.09. The highest BCUT2D eigenvalue weighted by atomic mass is 16.5. The van der Waals surface area contributed by atoms with Gasteiger partial charge in [-0.1, -0.05) is 0 Å². The summed E-state index contributed by atoms with van der Waals surface area (Å²) in [5.41, 5.74) is 0. The predicted molar refractivity (Wildman–Crippen MR) is 59.8 cm³/mol. The fourth-order valence-corrected chi connectivity index (χ4v) is 1.88. The van der Waals surface area contributed by atoms with E-state index in [1.807, 2.05) is 6.92 Å². The maximum atomic E-state index is 11.1. The van der Waals surface area contributed by atoms with E-state index in [4.69, 9.17) is 4.74 Å². The van der Waals surface area contributed by atoms with E-state index in [-0.39, 0.29) is 5.97 Å². The van der Waals surface area contributed by atoms with E-state index in [9.17, 15) is 4.79 Å². The second kappa shape index (κ2) is 6.80. The molecule has 1 rings (SSSR count). The Balaban J connectivity index is 2.17. The third kappa shape index (κ3) is 5.14. The predicted octanol–water partition coefficient (Wildman–Crippen LogP) is 0.623. The van der Waals surface area contributed by atoms with Gasteiger partial charge in [-0.05, 0) is 46.3 Å². The maximum Gasteiger partial charge on any atom is 0.319 e. The summed E-state index contributed by atoms with van der Waals surface area (Å²) in [5.74, 6) is -0.143. The number of rotatable bonds is 4. The monoisotopic (exact) mass is 214 g/mol. The van der Waals surface area contributed by atoms with Gasteiger partial charge in [0.15, 0.2) is 0 Å². The molecule has 0 radical (unpaired) electrons. The van der Waals surface area contributed by atoms with Crippen LogP contribution in [0.5, 0.6) is 0 Å². The Morgan fingerprint density at radius 3 is 3.00 bits per heavy atom. The van der Waals surface area contributed by atoms with Gasteiger partial charge in [0.2, 0.25) is 0 Å². The van der Waals surface area contributed by atoms with E-state index in [0.717, 1.165) is 25.9 Å². The summed E-state index contributed by atoms with van der Waals surface area (Å²) in [4.78, 5) is 13.5. The first-order chi connectivity index (χ1) is 7.22. The van der Waals surface area contributed by atoms with Crippen LogP contribution in [0.2, 0.25) is 0 Å². The standard InChI is InChI=1S/C11H22N2O2/c1-3-15-11(14)9-12-10-5-4-7-13(2)8-6-10/h10,12H,3-9H2,1-2H3. The smallest absolute Gasteiger partial charge is 0.319 e. The molecule has 4 heteroatoms. The molecule has 15 heavy (non-hydrogen) atoms. The van der Waals surface area contributed by atoms with Crippen LogP contribution in [0.3, 0.4) is 0 Å². The number of carbonyl (C=O) groups excluding carboxylic acids is 1. The number of hydrogen-bond acceptors (Lipinski definition) is 4. The van der Waals surface area contributed by atoms with E-state index >= 15 is 0 Å². The molecule has 1 heterocycles. The van der Waals surface area contributed by atoms with Crippen LogP contribution in [0, 0.1) is 0 Å². The molecular formula is C11H22N2O2. The van der Waals surface area contributed by atoms with Crippen LogP contribution in [0.15, 0.2) is 0 Å². The maximum absolute atomic E-state index is 11.1. The van der Waals surface area contributed by atoms with E-state index in [1.165, 1.54) is 6.42 Å². The number of nitrogens with zero attached hydrogens (tertiary/aromatic N) is 1. The van der Waals surface area contributed by atoms with E-state index < -0.39 is 0 Å². The number of likely N-dealkylation sites (tertiary alicyclic amines) is 1. The molecule has 1 N–H and O–H groups in total. The molecule has 0 amide bonds. The van der Waals surface area contributed by atoms with Gasteiger partial charge in [-0.2, -0.15) is 0 Å². The molecule has 0 spiro atoms. The van der Waals surface area contributed by atoms with Crippen molar-refractivity contribution in [2.45, 2.75) is 32.2 Å². The van der Waals surface area contributed by atoms with Gasteiger partial charge in [-0.15, -0.1) is 0 Å². The van der Waals surface area contributed by atoms with Crippen LogP contribution in [-0.4, -0.2) is 50.2 Å². The molecule has 1 aliphatic rings. The highest BCUT2D eigenvalue weighted by Gasteiger charge is 2.15. The first kappa shape index (κ1) is 12.5. The second-order valence-electron chi connectivity index (χ2n) is 4.12. The Labute approximate surface area is 92.0 Å². The number of esters is 1. The number of carbonyl (C=O) groups is 1. The van der Waals surface area contributed by atoms with Crippen molar-refractivity contribution < 1.29 is 9.53 Å². The zero-order valence-electron chi connectivity index (χ0n) is 9.79. The van der Waals surface area contributed by atoms with E-state index in [2.05, 4.69) is 17.3 Å². The molecule has 1 aliphatic heterocycles. The Kier molecular flexibility index (Phi) is 5.65. The lowest BCUT2D eigenvalue weighted by Crippen LogP contribution is -2.35. The first-order valence-electron chi connectivity index (χ1n) is 5.80. The normalized spacial score (nSPS) is 23.5. The molecule has 0 aliphatic carbocycles. The molecule has 0 saturated carbocycles. The summed E-state index contributed by atoms with van der Waals surface area (Å²) in [7, 11) is 2.15. The van der Waals surface area contributed by atoms with Gasteiger partial charge in [-0.25, -0.2) is 0 Å². The van der Waals surface area contributed by atoms with Crippen molar-refractivity contribution in [1.29, 1.82) is 0 Å². The Morgan fingerprint density at radius 2 is 2.27 bits per heavy atom. The lowest BCUT2D eigenvalue weighted by molar-refractivity contribution is -0.142. The van der Waals surface area contributed by atoms with Gasteiger partial charge in [0.05, 0.1) is 13.2 Å². The van der Waals surface area contributed by atoms with Crippen LogP contribution < -0.4 is 5.32 Å². The Morgan fingerprint density at radius 1 is 1.47 bits per heavy atom. The number of ether oxygens (including phenoxy) is 1. The van der Waals surface area contributed by atoms with Gasteiger partial charge >= 0.3 is 5.97 Å². The average Bonchev–Trinajstić information content (AvgIpc) is 2.41. The lowest BCUT2D eigenvalue weighted by Gasteiger charge is -2.16.